The molecule has 2 aliphatic rings. The normalized spacial score (nSPS) is 18.5. The van der Waals surface area contributed by atoms with Gasteiger partial charge in [-0.15, -0.1) is 0 Å². The minimum absolute atomic E-state index is 0.0530. The molecule has 3 N–H and O–H groups in total. The third-order valence-electron chi connectivity index (χ3n) is 6.28. The molecule has 162 valence electrons. The first-order chi connectivity index (χ1) is 15.3. The van der Waals surface area contributed by atoms with Crippen LogP contribution >= 0.6 is 0 Å². The smallest absolute Gasteiger partial charge is 0.343 e. The Kier molecular flexibility index (Phi) is 4.45. The molecular formula is C24H20FN3O4. The first-order valence-corrected chi connectivity index (χ1v) is 10.3. The lowest BCUT2D eigenvalue weighted by Crippen LogP contribution is -2.44. The van der Waals surface area contributed by atoms with E-state index >= 15 is 0 Å². The van der Waals surface area contributed by atoms with Gasteiger partial charge in [0.15, 0.2) is 5.60 Å². The summed E-state index contributed by atoms with van der Waals surface area (Å²) in [5, 5.41) is 11.7. The summed E-state index contributed by atoms with van der Waals surface area (Å²) in [4.78, 5) is 30.3. The van der Waals surface area contributed by atoms with Crippen molar-refractivity contribution in [2.24, 2.45) is 5.73 Å². The van der Waals surface area contributed by atoms with Gasteiger partial charge in [-0.2, -0.15) is 0 Å². The van der Waals surface area contributed by atoms with Gasteiger partial charge >= 0.3 is 5.97 Å². The maximum absolute atomic E-state index is 14.3. The number of rotatable bonds is 1. The molecule has 0 spiro atoms. The number of benzene rings is 1. The number of ether oxygens (including phenoxy) is 1. The van der Waals surface area contributed by atoms with Crippen molar-refractivity contribution in [2.75, 3.05) is 6.54 Å². The zero-order chi connectivity index (χ0) is 22.8. The van der Waals surface area contributed by atoms with Crippen molar-refractivity contribution in [2.45, 2.75) is 39.0 Å². The minimum Gasteiger partial charge on any atom is -0.458 e. The van der Waals surface area contributed by atoms with Crippen molar-refractivity contribution in [3.63, 3.8) is 0 Å². The van der Waals surface area contributed by atoms with Gasteiger partial charge in [0.1, 0.15) is 12.4 Å². The van der Waals surface area contributed by atoms with Crippen molar-refractivity contribution >= 4 is 16.9 Å². The SMILES string of the molecule is CC[C@@]1(O)C(=O)OCc2c1cc1n(c2=O)Cc2c-1nc1cc(F)c(C)cc1c2C#CCN. The topological polar surface area (TPSA) is 107 Å². The second-order valence-corrected chi connectivity index (χ2v) is 8.04. The standard InChI is InChI=1S/C24H20FN3O4/c1-3-24(31)17-8-20-21-15(10-28(20)22(29)16(17)11-32-23(24)30)13(5-4-6-26)14-7-12(2)18(25)9-19(14)27-21/h7-9,31H,3,6,10-11,26H2,1-2H3/t24-/m0/s1. The van der Waals surface area contributed by atoms with Crippen LogP contribution in [0.1, 0.15) is 41.2 Å². The Morgan fingerprint density at radius 2 is 2.09 bits per heavy atom. The highest BCUT2D eigenvalue weighted by Crippen LogP contribution is 2.40. The second-order valence-electron chi connectivity index (χ2n) is 8.04. The van der Waals surface area contributed by atoms with Crippen LogP contribution in [-0.2, 0) is 28.3 Å². The van der Waals surface area contributed by atoms with Crippen LogP contribution < -0.4 is 11.3 Å². The molecule has 0 saturated heterocycles. The Morgan fingerprint density at radius 3 is 2.81 bits per heavy atom. The predicted octanol–water partition coefficient (Wildman–Crippen LogP) is 1.84. The van der Waals surface area contributed by atoms with E-state index in [0.29, 0.717) is 33.4 Å². The van der Waals surface area contributed by atoms with Gasteiger partial charge in [-0.25, -0.2) is 14.2 Å². The number of nitrogens with two attached hydrogens (primary N) is 1. The van der Waals surface area contributed by atoms with Gasteiger partial charge in [-0.1, -0.05) is 18.8 Å². The van der Waals surface area contributed by atoms with E-state index in [1.54, 1.807) is 26.0 Å². The lowest BCUT2D eigenvalue weighted by molar-refractivity contribution is -0.172. The van der Waals surface area contributed by atoms with Crippen LogP contribution in [0, 0.1) is 24.6 Å². The minimum atomic E-state index is -1.91. The number of nitrogens with zero attached hydrogens (tertiary/aromatic N) is 2. The molecule has 0 bridgehead atoms. The molecule has 2 aliphatic heterocycles. The molecule has 0 unspecified atom stereocenters. The van der Waals surface area contributed by atoms with Crippen molar-refractivity contribution < 1.29 is 19.0 Å². The molecular weight excluding hydrogens is 413 g/mol. The van der Waals surface area contributed by atoms with Gasteiger partial charge in [0.2, 0.25) is 0 Å². The maximum Gasteiger partial charge on any atom is 0.343 e. The van der Waals surface area contributed by atoms with E-state index in [0.717, 1.165) is 5.56 Å². The van der Waals surface area contributed by atoms with Crippen LogP contribution in [-0.4, -0.2) is 27.2 Å². The average Bonchev–Trinajstić information content (AvgIpc) is 3.14. The number of aromatic nitrogens is 2. The fourth-order valence-electron chi connectivity index (χ4n) is 4.49. The van der Waals surface area contributed by atoms with E-state index in [-0.39, 0.29) is 42.8 Å². The summed E-state index contributed by atoms with van der Waals surface area (Å²) in [7, 11) is 0. The fraction of sp³-hybridized carbons (Fsp3) is 0.292. The Morgan fingerprint density at radius 1 is 1.31 bits per heavy atom. The number of carbonyl (C=O) groups is 1. The summed E-state index contributed by atoms with van der Waals surface area (Å²) in [5.74, 6) is 4.74. The number of hydrogen-bond acceptors (Lipinski definition) is 6. The third kappa shape index (κ3) is 2.65. The molecule has 0 radical (unpaired) electrons. The molecule has 0 aliphatic carbocycles. The highest BCUT2D eigenvalue weighted by molar-refractivity contribution is 5.92. The molecule has 0 fully saturated rings. The van der Waals surface area contributed by atoms with Gasteiger partial charge in [0, 0.05) is 28.1 Å². The number of esters is 1. The number of pyridine rings is 2. The Bertz CT molecular complexity index is 1460. The fourth-order valence-corrected chi connectivity index (χ4v) is 4.49. The molecule has 1 aromatic carbocycles. The maximum atomic E-state index is 14.3. The van der Waals surface area contributed by atoms with E-state index in [1.165, 1.54) is 10.6 Å². The van der Waals surface area contributed by atoms with Crippen LogP contribution in [0.4, 0.5) is 4.39 Å². The van der Waals surface area contributed by atoms with Crippen LogP contribution in [0.25, 0.3) is 22.3 Å². The quantitative estimate of drug-likeness (QED) is 0.350. The second kappa shape index (κ2) is 6.99. The molecule has 4 heterocycles. The lowest BCUT2D eigenvalue weighted by atomic mass is 9.86. The van der Waals surface area contributed by atoms with E-state index < -0.39 is 17.4 Å². The average molecular weight is 433 g/mol. The number of hydrogen-bond donors (Lipinski definition) is 2. The molecule has 0 amide bonds. The van der Waals surface area contributed by atoms with Gasteiger partial charge in [0.05, 0.1) is 35.6 Å². The predicted molar refractivity (Wildman–Crippen MR) is 115 cm³/mol. The van der Waals surface area contributed by atoms with Gasteiger partial charge < -0.3 is 20.1 Å². The summed E-state index contributed by atoms with van der Waals surface area (Å²) in [6, 6.07) is 4.66. The van der Waals surface area contributed by atoms with E-state index in [9.17, 15) is 19.1 Å². The summed E-state index contributed by atoms with van der Waals surface area (Å²) < 4.78 is 21.0. The number of aryl methyl sites for hydroxylation is 1. The highest BCUT2D eigenvalue weighted by Gasteiger charge is 2.45. The van der Waals surface area contributed by atoms with E-state index in [2.05, 4.69) is 16.8 Å². The summed E-state index contributed by atoms with van der Waals surface area (Å²) in [6.45, 7) is 3.46. The van der Waals surface area contributed by atoms with Crippen molar-refractivity contribution in [3.8, 4) is 23.2 Å². The monoisotopic (exact) mass is 433 g/mol. The summed E-state index contributed by atoms with van der Waals surface area (Å²) in [5.41, 5.74) is 6.93. The zero-order valence-corrected chi connectivity index (χ0v) is 17.6. The van der Waals surface area contributed by atoms with Crippen LogP contribution in [0.15, 0.2) is 23.0 Å². The molecule has 5 rings (SSSR count). The Labute approximate surface area is 182 Å². The number of aliphatic hydroxyl groups is 1. The lowest BCUT2D eigenvalue weighted by Gasteiger charge is -2.31. The van der Waals surface area contributed by atoms with Crippen molar-refractivity contribution in [1.82, 2.24) is 9.55 Å². The summed E-state index contributed by atoms with van der Waals surface area (Å²) in [6.07, 6.45) is 0.0530. The van der Waals surface area contributed by atoms with E-state index in [1.807, 2.05) is 0 Å². The molecule has 1 atom stereocenters. The Hall–Kier alpha value is -3.54. The molecule has 2 aromatic heterocycles. The first-order valence-electron chi connectivity index (χ1n) is 10.3. The van der Waals surface area contributed by atoms with Crippen molar-refractivity contribution in [1.29, 1.82) is 0 Å². The molecule has 32 heavy (non-hydrogen) atoms. The number of fused-ring (bicyclic) bond motifs is 5. The van der Waals surface area contributed by atoms with E-state index in [4.69, 9.17) is 10.5 Å². The van der Waals surface area contributed by atoms with Crippen LogP contribution in [0.5, 0.6) is 0 Å². The van der Waals surface area contributed by atoms with Crippen LogP contribution in [0.3, 0.4) is 0 Å². The summed E-state index contributed by atoms with van der Waals surface area (Å²) >= 11 is 0. The highest BCUT2D eigenvalue weighted by atomic mass is 19.1. The number of halogens is 1. The van der Waals surface area contributed by atoms with Gasteiger partial charge in [-0.3, -0.25) is 4.79 Å². The molecule has 3 aromatic rings. The molecule has 8 heteroatoms. The largest absolute Gasteiger partial charge is 0.458 e. The molecule has 0 saturated carbocycles. The first kappa shape index (κ1) is 20.4. The third-order valence-corrected chi connectivity index (χ3v) is 6.28. The zero-order valence-electron chi connectivity index (χ0n) is 17.6. The van der Waals surface area contributed by atoms with Gasteiger partial charge in [-0.05, 0) is 31.0 Å². The Balaban J connectivity index is 1.86. The van der Waals surface area contributed by atoms with Crippen LogP contribution in [0.2, 0.25) is 0 Å². The number of carbonyl (C=O) groups excluding carboxylic acids is 1. The van der Waals surface area contributed by atoms with Crippen molar-refractivity contribution in [3.05, 3.63) is 62.2 Å². The molecule has 7 nitrogen and oxygen atoms in total. The number of cyclic esters (lactones) is 1. The van der Waals surface area contributed by atoms with Gasteiger partial charge in [0.25, 0.3) is 5.56 Å².